The summed E-state index contributed by atoms with van der Waals surface area (Å²) in [4.78, 5) is 25.5. The summed E-state index contributed by atoms with van der Waals surface area (Å²) in [6.45, 7) is 10.6. The maximum Gasteiger partial charge on any atom is 0.329 e. The first kappa shape index (κ1) is 16.0. The van der Waals surface area contributed by atoms with Crippen LogP contribution in [0, 0.1) is 11.3 Å². The molecule has 19 heavy (non-hydrogen) atoms. The first-order valence-corrected chi connectivity index (χ1v) is 7.13. The molecule has 1 amide bonds. The van der Waals surface area contributed by atoms with E-state index < -0.39 is 11.5 Å². The van der Waals surface area contributed by atoms with Crippen LogP contribution in [0.5, 0.6) is 0 Å². The number of likely N-dealkylation sites (tertiary alicyclic amines) is 1. The van der Waals surface area contributed by atoms with Crippen LogP contribution in [0.15, 0.2) is 0 Å². The van der Waals surface area contributed by atoms with E-state index >= 15 is 0 Å². The van der Waals surface area contributed by atoms with Gasteiger partial charge in [-0.2, -0.15) is 0 Å². The first-order chi connectivity index (χ1) is 8.59. The van der Waals surface area contributed by atoms with Crippen LogP contribution in [0.1, 0.15) is 60.3 Å². The molecule has 1 fully saturated rings. The number of carbonyl (C=O) groups is 2. The lowest BCUT2D eigenvalue weighted by atomic mass is 9.79. The van der Waals surface area contributed by atoms with Gasteiger partial charge in [0.1, 0.15) is 5.54 Å². The van der Waals surface area contributed by atoms with Crippen molar-refractivity contribution in [2.24, 2.45) is 11.3 Å². The smallest absolute Gasteiger partial charge is 0.329 e. The summed E-state index contributed by atoms with van der Waals surface area (Å²) in [6, 6.07) is 0. The number of hydrogen-bond acceptors (Lipinski definition) is 2. The van der Waals surface area contributed by atoms with Crippen molar-refractivity contribution in [3.05, 3.63) is 0 Å². The molecule has 0 bridgehead atoms. The van der Waals surface area contributed by atoms with Crippen molar-refractivity contribution in [1.82, 2.24) is 4.90 Å². The molecule has 0 aromatic heterocycles. The van der Waals surface area contributed by atoms with Crippen LogP contribution in [0.25, 0.3) is 0 Å². The van der Waals surface area contributed by atoms with E-state index in [9.17, 15) is 14.7 Å². The van der Waals surface area contributed by atoms with E-state index in [-0.39, 0.29) is 17.2 Å². The van der Waals surface area contributed by atoms with E-state index in [1.54, 1.807) is 11.8 Å². The molecule has 1 aliphatic heterocycles. The summed E-state index contributed by atoms with van der Waals surface area (Å²) < 4.78 is 0. The Balaban J connectivity index is 2.82. The van der Waals surface area contributed by atoms with Gasteiger partial charge in [-0.25, -0.2) is 4.79 Å². The fraction of sp³-hybridized carbons (Fsp3) is 0.867. The van der Waals surface area contributed by atoms with Gasteiger partial charge >= 0.3 is 5.97 Å². The summed E-state index contributed by atoms with van der Waals surface area (Å²) in [5.41, 5.74) is -0.960. The Morgan fingerprint density at radius 2 is 1.89 bits per heavy atom. The van der Waals surface area contributed by atoms with Crippen molar-refractivity contribution in [2.45, 2.75) is 65.8 Å². The lowest BCUT2D eigenvalue weighted by Crippen LogP contribution is -2.57. The summed E-state index contributed by atoms with van der Waals surface area (Å²) in [5.74, 6) is -0.670. The second-order valence-electron chi connectivity index (χ2n) is 7.05. The van der Waals surface area contributed by atoms with Crippen molar-refractivity contribution < 1.29 is 14.7 Å². The van der Waals surface area contributed by atoms with Crippen molar-refractivity contribution in [1.29, 1.82) is 0 Å². The van der Waals surface area contributed by atoms with Gasteiger partial charge in [0.05, 0.1) is 0 Å². The zero-order valence-electron chi connectivity index (χ0n) is 12.8. The van der Waals surface area contributed by atoms with Gasteiger partial charge in [-0.1, -0.05) is 27.7 Å². The van der Waals surface area contributed by atoms with Gasteiger partial charge in [-0.05, 0) is 37.5 Å². The first-order valence-electron chi connectivity index (χ1n) is 7.13. The van der Waals surface area contributed by atoms with Crippen molar-refractivity contribution >= 4 is 11.9 Å². The zero-order valence-corrected chi connectivity index (χ0v) is 12.8. The van der Waals surface area contributed by atoms with Gasteiger partial charge in [0.15, 0.2) is 0 Å². The molecule has 2 atom stereocenters. The van der Waals surface area contributed by atoms with E-state index in [1.807, 2.05) is 0 Å². The van der Waals surface area contributed by atoms with Gasteiger partial charge in [-0.15, -0.1) is 0 Å². The average Bonchev–Trinajstić information content (AvgIpc) is 2.27. The molecule has 1 rings (SSSR count). The number of nitrogens with zero attached hydrogens (tertiary/aromatic N) is 1. The molecule has 0 aromatic carbocycles. The van der Waals surface area contributed by atoms with Crippen LogP contribution >= 0.6 is 0 Å². The minimum absolute atomic E-state index is 0.0213. The minimum atomic E-state index is -1.02. The second kappa shape index (κ2) is 5.51. The number of piperidine rings is 1. The van der Waals surface area contributed by atoms with Crippen molar-refractivity contribution in [2.75, 3.05) is 6.54 Å². The van der Waals surface area contributed by atoms with E-state index in [1.165, 1.54) is 0 Å². The molecular weight excluding hydrogens is 242 g/mol. The largest absolute Gasteiger partial charge is 0.480 e. The monoisotopic (exact) mass is 269 g/mol. The molecule has 1 heterocycles. The third kappa shape index (κ3) is 3.48. The molecule has 0 spiro atoms. The van der Waals surface area contributed by atoms with Gasteiger partial charge in [0, 0.05) is 13.0 Å². The predicted octanol–water partition coefficient (Wildman–Crippen LogP) is 2.91. The normalized spacial score (nSPS) is 26.1. The highest BCUT2D eigenvalue weighted by atomic mass is 16.4. The van der Waals surface area contributed by atoms with Gasteiger partial charge < -0.3 is 10.0 Å². The Labute approximate surface area is 116 Å². The highest BCUT2D eigenvalue weighted by Gasteiger charge is 2.44. The summed E-state index contributed by atoms with van der Waals surface area (Å²) in [6.07, 6.45) is 2.75. The van der Waals surface area contributed by atoms with Crippen LogP contribution < -0.4 is 0 Å². The quantitative estimate of drug-likeness (QED) is 0.857. The van der Waals surface area contributed by atoms with Gasteiger partial charge in [-0.3, -0.25) is 4.79 Å². The third-order valence-electron chi connectivity index (χ3n) is 4.61. The Bertz CT molecular complexity index is 359. The molecule has 0 aromatic rings. The molecule has 110 valence electrons. The Morgan fingerprint density at radius 3 is 2.37 bits per heavy atom. The molecule has 0 aliphatic carbocycles. The number of carbonyl (C=O) groups excluding carboxylic acids is 1. The van der Waals surface area contributed by atoms with Crippen molar-refractivity contribution in [3.63, 3.8) is 0 Å². The van der Waals surface area contributed by atoms with E-state index in [0.29, 0.717) is 19.4 Å². The summed E-state index contributed by atoms with van der Waals surface area (Å²) >= 11 is 0. The third-order valence-corrected chi connectivity index (χ3v) is 4.61. The Kier molecular flexibility index (Phi) is 4.64. The van der Waals surface area contributed by atoms with Crippen LogP contribution in [0.3, 0.4) is 0 Å². The summed E-state index contributed by atoms with van der Waals surface area (Å²) in [7, 11) is 0. The maximum atomic E-state index is 12.4. The topological polar surface area (TPSA) is 57.6 Å². The highest BCUT2D eigenvalue weighted by Crippen LogP contribution is 2.33. The molecule has 0 saturated carbocycles. The Hall–Kier alpha value is -1.06. The fourth-order valence-electron chi connectivity index (χ4n) is 2.42. The lowest BCUT2D eigenvalue weighted by molar-refractivity contribution is -0.161. The average molecular weight is 269 g/mol. The van der Waals surface area contributed by atoms with Crippen LogP contribution in [-0.2, 0) is 9.59 Å². The fourth-order valence-corrected chi connectivity index (χ4v) is 2.42. The standard InChI is InChI=1S/C15H27NO3/c1-11(14(2,3)4)10-12(17)16-9-7-6-8-15(16,5)13(18)19/h11H,6-10H2,1-5H3,(H,18,19). The predicted molar refractivity (Wildman–Crippen MR) is 74.8 cm³/mol. The van der Waals surface area contributed by atoms with Crippen LogP contribution in [-0.4, -0.2) is 34.0 Å². The summed E-state index contributed by atoms with van der Waals surface area (Å²) in [5, 5.41) is 9.42. The van der Waals surface area contributed by atoms with E-state index in [0.717, 1.165) is 12.8 Å². The molecule has 0 radical (unpaired) electrons. The Morgan fingerprint density at radius 1 is 1.32 bits per heavy atom. The van der Waals surface area contributed by atoms with Crippen LogP contribution in [0.4, 0.5) is 0 Å². The zero-order chi connectivity index (χ0) is 14.8. The number of amides is 1. The van der Waals surface area contributed by atoms with E-state index in [4.69, 9.17) is 0 Å². The minimum Gasteiger partial charge on any atom is -0.480 e. The maximum absolute atomic E-state index is 12.4. The number of rotatable bonds is 3. The number of carboxylic acids is 1. The molecule has 4 nitrogen and oxygen atoms in total. The molecule has 2 unspecified atom stereocenters. The number of carboxylic acid groups (broad SMARTS) is 1. The van der Waals surface area contributed by atoms with Gasteiger partial charge in [0.2, 0.25) is 5.91 Å². The lowest BCUT2D eigenvalue weighted by Gasteiger charge is -2.42. The molecule has 1 N–H and O–H groups in total. The van der Waals surface area contributed by atoms with Crippen molar-refractivity contribution in [3.8, 4) is 0 Å². The molecular formula is C15H27NO3. The van der Waals surface area contributed by atoms with Crippen LogP contribution in [0.2, 0.25) is 0 Å². The number of aliphatic carboxylic acids is 1. The molecule has 1 saturated heterocycles. The SMILES string of the molecule is CC(CC(=O)N1CCCCC1(C)C(=O)O)C(C)(C)C. The molecule has 1 aliphatic rings. The van der Waals surface area contributed by atoms with E-state index in [2.05, 4.69) is 27.7 Å². The number of hydrogen-bond donors (Lipinski definition) is 1. The second-order valence-corrected chi connectivity index (χ2v) is 7.05. The van der Waals surface area contributed by atoms with Gasteiger partial charge in [0.25, 0.3) is 0 Å². The molecule has 4 heteroatoms. The highest BCUT2D eigenvalue weighted by molar-refractivity contribution is 5.87.